The minimum Gasteiger partial charge on any atom is -0.411 e. The lowest BCUT2D eigenvalue weighted by Gasteiger charge is -2.27. The molecule has 0 saturated carbocycles. The maximum atomic E-state index is 12.9. The van der Waals surface area contributed by atoms with E-state index in [9.17, 15) is 9.18 Å². The standard InChI is InChI=1S/C12H14FN3O2/c13-9-2-1-3-11(8-9)14-12(17)16-6-4-10(15-18)5-7-16/h1-3,8,18H,4-7H2,(H,14,17). The Morgan fingerprint density at radius 2 is 2.11 bits per heavy atom. The summed E-state index contributed by atoms with van der Waals surface area (Å²) in [5.74, 6) is -0.388. The topological polar surface area (TPSA) is 64.9 Å². The Hall–Kier alpha value is -2.11. The van der Waals surface area contributed by atoms with Crippen LogP contribution in [-0.4, -0.2) is 34.9 Å². The molecule has 1 aromatic carbocycles. The Morgan fingerprint density at radius 1 is 1.39 bits per heavy atom. The Kier molecular flexibility index (Phi) is 3.76. The second kappa shape index (κ2) is 5.48. The third-order valence-electron chi connectivity index (χ3n) is 2.85. The number of hydrogen-bond donors (Lipinski definition) is 2. The van der Waals surface area contributed by atoms with Crippen LogP contribution in [-0.2, 0) is 0 Å². The molecule has 0 spiro atoms. The molecule has 2 amide bonds. The second-order valence-electron chi connectivity index (χ2n) is 4.09. The van der Waals surface area contributed by atoms with Crippen molar-refractivity contribution >= 4 is 17.4 Å². The molecule has 0 unspecified atom stereocenters. The van der Waals surface area contributed by atoms with Gasteiger partial charge in [0.25, 0.3) is 0 Å². The van der Waals surface area contributed by atoms with E-state index in [1.54, 1.807) is 11.0 Å². The number of nitrogens with zero attached hydrogens (tertiary/aromatic N) is 2. The molecule has 2 rings (SSSR count). The van der Waals surface area contributed by atoms with Crippen LogP contribution >= 0.6 is 0 Å². The van der Waals surface area contributed by atoms with E-state index >= 15 is 0 Å². The highest BCUT2D eigenvalue weighted by Gasteiger charge is 2.20. The van der Waals surface area contributed by atoms with Crippen molar-refractivity contribution in [3.63, 3.8) is 0 Å². The zero-order valence-corrected chi connectivity index (χ0v) is 9.77. The molecule has 2 N–H and O–H groups in total. The first-order chi connectivity index (χ1) is 8.69. The summed E-state index contributed by atoms with van der Waals surface area (Å²) in [7, 11) is 0. The van der Waals surface area contributed by atoms with Gasteiger partial charge in [0.2, 0.25) is 0 Å². The van der Waals surface area contributed by atoms with Gasteiger partial charge < -0.3 is 15.4 Å². The zero-order valence-electron chi connectivity index (χ0n) is 9.77. The van der Waals surface area contributed by atoms with Crippen LogP contribution in [0.1, 0.15) is 12.8 Å². The van der Waals surface area contributed by atoms with Crippen LogP contribution in [0, 0.1) is 5.82 Å². The van der Waals surface area contributed by atoms with Gasteiger partial charge in [-0.05, 0) is 18.2 Å². The monoisotopic (exact) mass is 251 g/mol. The first-order valence-electron chi connectivity index (χ1n) is 5.70. The van der Waals surface area contributed by atoms with Crippen LogP contribution < -0.4 is 5.32 Å². The van der Waals surface area contributed by atoms with Crippen LogP contribution in [0.3, 0.4) is 0 Å². The van der Waals surface area contributed by atoms with Gasteiger partial charge in [-0.2, -0.15) is 0 Å². The van der Waals surface area contributed by atoms with Crippen LogP contribution in [0.5, 0.6) is 0 Å². The van der Waals surface area contributed by atoms with E-state index in [4.69, 9.17) is 5.21 Å². The molecule has 1 aliphatic rings. The summed E-state index contributed by atoms with van der Waals surface area (Å²) in [5.41, 5.74) is 1.13. The lowest BCUT2D eigenvalue weighted by Crippen LogP contribution is -2.41. The van der Waals surface area contributed by atoms with Crippen LogP contribution in [0.4, 0.5) is 14.9 Å². The number of nitrogens with one attached hydrogen (secondary N) is 1. The number of oxime groups is 1. The van der Waals surface area contributed by atoms with Gasteiger partial charge >= 0.3 is 6.03 Å². The second-order valence-corrected chi connectivity index (χ2v) is 4.09. The number of piperidine rings is 1. The Labute approximate surface area is 104 Å². The highest BCUT2D eigenvalue weighted by molar-refractivity contribution is 5.92. The van der Waals surface area contributed by atoms with Crippen molar-refractivity contribution in [1.29, 1.82) is 0 Å². The summed E-state index contributed by atoms with van der Waals surface area (Å²) in [6, 6.07) is 5.49. The molecular weight excluding hydrogens is 237 g/mol. The number of urea groups is 1. The largest absolute Gasteiger partial charge is 0.411 e. The molecule has 18 heavy (non-hydrogen) atoms. The van der Waals surface area contributed by atoms with Crippen molar-refractivity contribution in [2.75, 3.05) is 18.4 Å². The number of amides is 2. The molecule has 1 saturated heterocycles. The molecule has 0 atom stereocenters. The van der Waals surface area contributed by atoms with E-state index in [-0.39, 0.29) is 11.8 Å². The Bertz CT molecular complexity index is 466. The van der Waals surface area contributed by atoms with Crippen molar-refractivity contribution in [3.05, 3.63) is 30.1 Å². The van der Waals surface area contributed by atoms with Gasteiger partial charge in [-0.3, -0.25) is 0 Å². The smallest absolute Gasteiger partial charge is 0.321 e. The van der Waals surface area contributed by atoms with Crippen molar-refractivity contribution < 1.29 is 14.4 Å². The molecule has 0 bridgehead atoms. The maximum absolute atomic E-state index is 12.9. The fourth-order valence-corrected chi connectivity index (χ4v) is 1.84. The molecule has 1 aromatic rings. The summed E-state index contributed by atoms with van der Waals surface area (Å²) in [6.45, 7) is 1.00. The van der Waals surface area contributed by atoms with E-state index in [2.05, 4.69) is 10.5 Å². The Balaban J connectivity index is 1.93. The molecule has 1 fully saturated rings. The normalized spacial score (nSPS) is 15.4. The maximum Gasteiger partial charge on any atom is 0.321 e. The molecule has 1 heterocycles. The zero-order chi connectivity index (χ0) is 13.0. The van der Waals surface area contributed by atoms with E-state index in [1.807, 2.05) is 0 Å². The summed E-state index contributed by atoms with van der Waals surface area (Å²) in [5, 5.41) is 14.4. The van der Waals surface area contributed by atoms with Gasteiger partial charge in [0.05, 0.1) is 5.71 Å². The average Bonchev–Trinajstić information content (AvgIpc) is 2.39. The van der Waals surface area contributed by atoms with Gasteiger partial charge in [-0.25, -0.2) is 9.18 Å². The van der Waals surface area contributed by atoms with E-state index in [1.165, 1.54) is 18.2 Å². The number of hydrogen-bond acceptors (Lipinski definition) is 3. The van der Waals surface area contributed by atoms with Gasteiger partial charge in [0.1, 0.15) is 5.82 Å². The third-order valence-corrected chi connectivity index (χ3v) is 2.85. The SMILES string of the molecule is O=C(Nc1cccc(F)c1)N1CCC(=NO)CC1. The molecule has 6 heteroatoms. The van der Waals surface area contributed by atoms with E-state index in [0.29, 0.717) is 37.3 Å². The number of anilines is 1. The van der Waals surface area contributed by atoms with Gasteiger partial charge in [0.15, 0.2) is 0 Å². The first kappa shape index (κ1) is 12.3. The number of carbonyl (C=O) groups is 1. The quantitative estimate of drug-likeness (QED) is 0.594. The van der Waals surface area contributed by atoms with Crippen molar-refractivity contribution in [1.82, 2.24) is 4.90 Å². The number of carbonyl (C=O) groups excluding carboxylic acids is 1. The van der Waals surface area contributed by atoms with Crippen LogP contribution in [0.2, 0.25) is 0 Å². The minimum absolute atomic E-state index is 0.266. The van der Waals surface area contributed by atoms with Gasteiger partial charge in [-0.15, -0.1) is 0 Å². The molecular formula is C12H14FN3O2. The number of benzene rings is 1. The number of halogens is 1. The highest BCUT2D eigenvalue weighted by Crippen LogP contribution is 2.12. The van der Waals surface area contributed by atoms with Gasteiger partial charge in [-0.1, -0.05) is 11.2 Å². The van der Waals surface area contributed by atoms with E-state index < -0.39 is 0 Å². The number of rotatable bonds is 1. The predicted molar refractivity (Wildman–Crippen MR) is 65.4 cm³/mol. The average molecular weight is 251 g/mol. The highest BCUT2D eigenvalue weighted by atomic mass is 19.1. The lowest BCUT2D eigenvalue weighted by atomic mass is 10.1. The summed E-state index contributed by atoms with van der Waals surface area (Å²) in [4.78, 5) is 13.5. The summed E-state index contributed by atoms with van der Waals surface area (Å²) in [6.07, 6.45) is 1.13. The molecule has 5 nitrogen and oxygen atoms in total. The first-order valence-corrected chi connectivity index (χ1v) is 5.70. The fourth-order valence-electron chi connectivity index (χ4n) is 1.84. The van der Waals surface area contributed by atoms with Crippen molar-refractivity contribution in [3.8, 4) is 0 Å². The lowest BCUT2D eigenvalue weighted by molar-refractivity contribution is 0.210. The molecule has 96 valence electrons. The molecule has 0 aliphatic carbocycles. The molecule has 1 aliphatic heterocycles. The van der Waals surface area contributed by atoms with Gasteiger partial charge in [0, 0.05) is 31.6 Å². The fraction of sp³-hybridized carbons (Fsp3) is 0.333. The summed E-state index contributed by atoms with van der Waals surface area (Å²) >= 11 is 0. The summed E-state index contributed by atoms with van der Waals surface area (Å²) < 4.78 is 12.9. The Morgan fingerprint density at radius 3 is 2.72 bits per heavy atom. The minimum atomic E-state index is -0.388. The third kappa shape index (κ3) is 2.97. The molecule has 0 radical (unpaired) electrons. The van der Waals surface area contributed by atoms with Crippen LogP contribution in [0.25, 0.3) is 0 Å². The van der Waals surface area contributed by atoms with E-state index in [0.717, 1.165) is 0 Å². The number of likely N-dealkylation sites (tertiary alicyclic amines) is 1. The van der Waals surface area contributed by atoms with Crippen LogP contribution in [0.15, 0.2) is 29.4 Å². The van der Waals surface area contributed by atoms with Crippen molar-refractivity contribution in [2.24, 2.45) is 5.16 Å². The predicted octanol–water partition coefficient (Wildman–Crippen LogP) is 2.28. The molecule has 0 aromatic heterocycles. The van der Waals surface area contributed by atoms with Crippen molar-refractivity contribution in [2.45, 2.75) is 12.8 Å².